The molecule has 0 unspecified atom stereocenters. The van der Waals surface area contributed by atoms with Crippen molar-refractivity contribution in [1.82, 2.24) is 10.2 Å². The zero-order valence-electron chi connectivity index (χ0n) is 20.8. The summed E-state index contributed by atoms with van der Waals surface area (Å²) in [5, 5.41) is 15.0. The monoisotopic (exact) mass is 500 g/mol. The average molecular weight is 501 g/mol. The molecule has 0 aliphatic carbocycles. The third-order valence-electron chi connectivity index (χ3n) is 6.85. The van der Waals surface area contributed by atoms with Crippen molar-refractivity contribution < 1.29 is 24.2 Å². The van der Waals surface area contributed by atoms with Crippen LogP contribution in [0.5, 0.6) is 0 Å². The zero-order valence-corrected chi connectivity index (χ0v) is 21.6. The molecule has 7 nitrogen and oxygen atoms in total. The first-order valence-electron chi connectivity index (χ1n) is 11.7. The maximum atomic E-state index is 13.5. The lowest BCUT2D eigenvalue weighted by molar-refractivity contribution is -0.155. The van der Waals surface area contributed by atoms with Crippen LogP contribution in [-0.2, 0) is 15.1 Å². The molecule has 35 heavy (non-hydrogen) atoms. The van der Waals surface area contributed by atoms with E-state index in [9.17, 15) is 19.5 Å². The molecule has 0 saturated carbocycles. The molecule has 1 saturated heterocycles. The maximum absolute atomic E-state index is 13.5. The summed E-state index contributed by atoms with van der Waals surface area (Å²) >= 11 is 6.02. The van der Waals surface area contributed by atoms with Crippen LogP contribution in [0.2, 0.25) is 5.02 Å². The molecule has 2 aromatic carbocycles. The summed E-state index contributed by atoms with van der Waals surface area (Å²) in [6, 6.07) is 12.6. The molecule has 1 fully saturated rings. The summed E-state index contributed by atoms with van der Waals surface area (Å²) in [6.07, 6.45) is 0.354. The standard InChI is InChI=1S/C27H33ClN2O5/c1-17(2)22(29-23(31)18-7-6-8-19(15-18)25(33)35-5)24(32)30-14-13-27(34,26(3,4)16-30)20-9-11-21(28)12-10-20/h6-12,15,17,22,34H,13-14,16H2,1-5H3,(H,29,31)/t22-,27+/m1/s1. The predicted molar refractivity (Wildman–Crippen MR) is 134 cm³/mol. The Morgan fingerprint density at radius 2 is 1.71 bits per heavy atom. The molecule has 1 heterocycles. The first-order valence-corrected chi connectivity index (χ1v) is 12.0. The minimum atomic E-state index is -1.13. The lowest BCUT2D eigenvalue weighted by atomic mass is 9.66. The molecule has 0 radical (unpaired) electrons. The lowest BCUT2D eigenvalue weighted by Gasteiger charge is -2.51. The highest BCUT2D eigenvalue weighted by Crippen LogP contribution is 2.46. The van der Waals surface area contributed by atoms with Crippen LogP contribution < -0.4 is 5.32 Å². The Morgan fingerprint density at radius 3 is 2.29 bits per heavy atom. The molecular weight excluding hydrogens is 468 g/mol. The van der Waals surface area contributed by atoms with Crippen LogP contribution in [0.4, 0.5) is 0 Å². The van der Waals surface area contributed by atoms with E-state index >= 15 is 0 Å². The van der Waals surface area contributed by atoms with E-state index in [0.29, 0.717) is 24.5 Å². The molecule has 8 heteroatoms. The van der Waals surface area contributed by atoms with Gasteiger partial charge >= 0.3 is 5.97 Å². The maximum Gasteiger partial charge on any atom is 0.337 e. The number of nitrogens with one attached hydrogen (secondary N) is 1. The Kier molecular flexibility index (Phi) is 7.92. The molecule has 0 bridgehead atoms. The van der Waals surface area contributed by atoms with Gasteiger partial charge in [-0.05, 0) is 48.2 Å². The van der Waals surface area contributed by atoms with Gasteiger partial charge in [-0.1, -0.05) is 57.5 Å². The molecule has 188 valence electrons. The summed E-state index contributed by atoms with van der Waals surface area (Å²) in [5.74, 6) is -1.37. The fourth-order valence-corrected chi connectivity index (χ4v) is 4.74. The number of nitrogens with zero attached hydrogens (tertiary/aromatic N) is 1. The number of piperidine rings is 1. The van der Waals surface area contributed by atoms with Crippen molar-refractivity contribution in [2.24, 2.45) is 11.3 Å². The molecule has 2 atom stereocenters. The summed E-state index contributed by atoms with van der Waals surface area (Å²) in [7, 11) is 1.27. The number of aliphatic hydroxyl groups is 1. The third-order valence-corrected chi connectivity index (χ3v) is 7.10. The Morgan fingerprint density at radius 1 is 1.09 bits per heavy atom. The van der Waals surface area contributed by atoms with Gasteiger partial charge in [0, 0.05) is 29.1 Å². The van der Waals surface area contributed by atoms with Crippen molar-refractivity contribution in [3.63, 3.8) is 0 Å². The van der Waals surface area contributed by atoms with E-state index in [4.69, 9.17) is 16.3 Å². The molecule has 2 aromatic rings. The topological polar surface area (TPSA) is 95.9 Å². The van der Waals surface area contributed by atoms with Crippen molar-refractivity contribution in [2.45, 2.75) is 45.8 Å². The molecule has 1 aliphatic rings. The smallest absolute Gasteiger partial charge is 0.337 e. The van der Waals surface area contributed by atoms with Crippen LogP contribution in [0.1, 0.15) is 60.4 Å². The van der Waals surface area contributed by atoms with Crippen LogP contribution in [0.25, 0.3) is 0 Å². The molecule has 3 rings (SSSR count). The fourth-order valence-electron chi connectivity index (χ4n) is 4.61. The van der Waals surface area contributed by atoms with E-state index in [-0.39, 0.29) is 23.0 Å². The molecule has 2 N–H and O–H groups in total. The van der Waals surface area contributed by atoms with Crippen molar-refractivity contribution in [1.29, 1.82) is 0 Å². The fraction of sp³-hybridized carbons (Fsp3) is 0.444. The number of halogens is 1. The van der Waals surface area contributed by atoms with Crippen LogP contribution in [0, 0.1) is 11.3 Å². The number of methoxy groups -OCH3 is 1. The minimum Gasteiger partial charge on any atom is -0.465 e. The Balaban J connectivity index is 1.77. The first kappa shape index (κ1) is 26.7. The van der Waals surface area contributed by atoms with Gasteiger partial charge < -0.3 is 20.1 Å². The van der Waals surface area contributed by atoms with E-state index in [1.165, 1.54) is 13.2 Å². The van der Waals surface area contributed by atoms with Gasteiger partial charge in [-0.15, -0.1) is 0 Å². The van der Waals surface area contributed by atoms with Crippen molar-refractivity contribution in [3.05, 3.63) is 70.2 Å². The Bertz CT molecular complexity index is 1100. The summed E-state index contributed by atoms with van der Waals surface area (Å²) < 4.78 is 4.72. The average Bonchev–Trinajstić information content (AvgIpc) is 2.83. The second kappa shape index (κ2) is 10.4. The van der Waals surface area contributed by atoms with Crippen LogP contribution in [-0.4, -0.2) is 54.0 Å². The van der Waals surface area contributed by atoms with E-state index in [2.05, 4.69) is 5.32 Å². The zero-order chi connectivity index (χ0) is 26.0. The molecule has 1 aliphatic heterocycles. The van der Waals surface area contributed by atoms with Gasteiger partial charge in [-0.25, -0.2) is 4.79 Å². The third kappa shape index (κ3) is 5.52. The second-order valence-electron chi connectivity index (χ2n) is 10.0. The van der Waals surface area contributed by atoms with Crippen molar-refractivity contribution >= 4 is 29.4 Å². The number of benzene rings is 2. The molecular formula is C27H33ClN2O5. The van der Waals surface area contributed by atoms with Crippen LogP contribution >= 0.6 is 11.6 Å². The number of likely N-dealkylation sites (tertiary alicyclic amines) is 1. The van der Waals surface area contributed by atoms with Gasteiger partial charge in [0.2, 0.25) is 5.91 Å². The van der Waals surface area contributed by atoms with Crippen LogP contribution in [0.3, 0.4) is 0 Å². The van der Waals surface area contributed by atoms with E-state index in [1.807, 2.05) is 39.8 Å². The number of hydrogen-bond acceptors (Lipinski definition) is 5. The normalized spacial score (nSPS) is 20.3. The largest absolute Gasteiger partial charge is 0.465 e. The lowest BCUT2D eigenvalue weighted by Crippen LogP contribution is -2.60. The quantitative estimate of drug-likeness (QED) is 0.584. The van der Waals surface area contributed by atoms with Gasteiger partial charge in [-0.2, -0.15) is 0 Å². The number of amides is 2. The van der Waals surface area contributed by atoms with Crippen LogP contribution in [0.15, 0.2) is 48.5 Å². The highest BCUT2D eigenvalue weighted by molar-refractivity contribution is 6.30. The summed E-state index contributed by atoms with van der Waals surface area (Å²) in [4.78, 5) is 40.0. The number of rotatable bonds is 6. The summed E-state index contributed by atoms with van der Waals surface area (Å²) in [5.41, 5.74) is -0.485. The van der Waals surface area contributed by atoms with Crippen molar-refractivity contribution in [3.8, 4) is 0 Å². The molecule has 0 spiro atoms. The van der Waals surface area contributed by atoms with Gasteiger partial charge in [0.1, 0.15) is 6.04 Å². The molecule has 0 aromatic heterocycles. The second-order valence-corrected chi connectivity index (χ2v) is 10.5. The van der Waals surface area contributed by atoms with Crippen molar-refractivity contribution in [2.75, 3.05) is 20.2 Å². The number of hydrogen-bond donors (Lipinski definition) is 2. The van der Waals surface area contributed by atoms with E-state index in [0.717, 1.165) is 5.56 Å². The summed E-state index contributed by atoms with van der Waals surface area (Å²) in [6.45, 7) is 8.27. The first-order chi connectivity index (χ1) is 16.4. The number of carbonyl (C=O) groups is 3. The van der Waals surface area contributed by atoms with Gasteiger partial charge in [0.05, 0.1) is 18.3 Å². The number of esters is 1. The Hall–Kier alpha value is -2.90. The van der Waals surface area contributed by atoms with Gasteiger partial charge in [-0.3, -0.25) is 9.59 Å². The minimum absolute atomic E-state index is 0.171. The van der Waals surface area contributed by atoms with E-state index < -0.39 is 28.9 Å². The predicted octanol–water partition coefficient (Wildman–Crippen LogP) is 4.03. The number of ether oxygens (including phenoxy) is 1. The SMILES string of the molecule is COC(=O)c1cccc(C(=O)N[C@@H](C(=O)N2CC[C@](O)(c3ccc(Cl)cc3)C(C)(C)C2)C(C)C)c1. The highest BCUT2D eigenvalue weighted by Gasteiger charge is 2.50. The molecule has 2 amide bonds. The van der Waals surface area contributed by atoms with Gasteiger partial charge in [0.15, 0.2) is 0 Å². The Labute approximate surface area is 211 Å². The van der Waals surface area contributed by atoms with E-state index in [1.54, 1.807) is 35.2 Å². The van der Waals surface area contributed by atoms with Gasteiger partial charge in [0.25, 0.3) is 5.91 Å². The highest BCUT2D eigenvalue weighted by atomic mass is 35.5. The number of carbonyl (C=O) groups excluding carboxylic acids is 3.